The number of rotatable bonds is 10. The monoisotopic (exact) mass is 502 g/mol. The van der Waals surface area contributed by atoms with Crippen LogP contribution in [0.5, 0.6) is 0 Å². The summed E-state index contributed by atoms with van der Waals surface area (Å²) in [4.78, 5) is 27.0. The Hall–Kier alpha value is -3.51. The molecule has 1 heterocycles. The second-order valence-electron chi connectivity index (χ2n) is 10.2. The summed E-state index contributed by atoms with van der Waals surface area (Å²) in [6.45, 7) is 4.72. The highest BCUT2D eigenvalue weighted by Gasteiger charge is 2.30. The van der Waals surface area contributed by atoms with E-state index in [4.69, 9.17) is 0 Å². The zero-order valence-electron chi connectivity index (χ0n) is 21.3. The van der Waals surface area contributed by atoms with Crippen LogP contribution in [-0.4, -0.2) is 47.6 Å². The Labute approximate surface area is 218 Å². The van der Waals surface area contributed by atoms with Crippen LogP contribution >= 0.6 is 0 Å². The Morgan fingerprint density at radius 1 is 1.00 bits per heavy atom. The molecule has 3 aromatic rings. The maximum absolute atomic E-state index is 13.8. The Kier molecular flexibility index (Phi) is 8.72. The van der Waals surface area contributed by atoms with E-state index >= 15 is 0 Å². The van der Waals surface area contributed by atoms with E-state index < -0.39 is 11.4 Å². The number of piperidine rings is 1. The molecule has 0 bridgehead atoms. The number of hydrogen-bond acceptors (Lipinski definition) is 3. The topological polar surface area (TPSA) is 69.6 Å². The lowest BCUT2D eigenvalue weighted by Gasteiger charge is -2.34. The van der Waals surface area contributed by atoms with Gasteiger partial charge < -0.3 is 15.3 Å². The average molecular weight is 503 g/mol. The normalized spacial score (nSPS) is 16.2. The standard InChI is InChI=1S/C31H35FN2O3/c1-31(22-29(35)36,24-10-3-2-4-11-24)17-8-18-34-19-15-26(16-20-34)33-30(37)28-14-6-5-13-27(28)23-9-7-12-25(32)21-23/h2-7,9-14,21,26H,8,15-20,22H2,1H3,(H,33,37)(H,35,36). The molecular weight excluding hydrogens is 467 g/mol. The lowest BCUT2D eigenvalue weighted by atomic mass is 9.76. The highest BCUT2D eigenvalue weighted by Crippen LogP contribution is 2.33. The van der Waals surface area contributed by atoms with Crippen LogP contribution in [0.4, 0.5) is 4.39 Å². The van der Waals surface area contributed by atoms with Crippen LogP contribution in [0.2, 0.25) is 0 Å². The van der Waals surface area contributed by atoms with Crippen molar-refractivity contribution in [2.24, 2.45) is 0 Å². The molecule has 5 nitrogen and oxygen atoms in total. The Morgan fingerprint density at radius 3 is 2.41 bits per heavy atom. The summed E-state index contributed by atoms with van der Waals surface area (Å²) in [5, 5.41) is 12.7. The Morgan fingerprint density at radius 2 is 1.70 bits per heavy atom. The van der Waals surface area contributed by atoms with Crippen molar-refractivity contribution in [1.29, 1.82) is 0 Å². The van der Waals surface area contributed by atoms with E-state index in [1.165, 1.54) is 12.1 Å². The molecule has 1 saturated heterocycles. The minimum atomic E-state index is -0.776. The lowest BCUT2D eigenvalue weighted by Crippen LogP contribution is -2.45. The molecule has 4 rings (SSSR count). The van der Waals surface area contributed by atoms with Gasteiger partial charge in [-0.15, -0.1) is 0 Å². The molecule has 1 aliphatic rings. The highest BCUT2D eigenvalue weighted by molar-refractivity contribution is 6.01. The van der Waals surface area contributed by atoms with Crippen LogP contribution in [0.3, 0.4) is 0 Å². The average Bonchev–Trinajstić information content (AvgIpc) is 2.90. The molecule has 0 spiro atoms. The number of hydrogen-bond donors (Lipinski definition) is 2. The quantitative estimate of drug-likeness (QED) is 0.362. The molecule has 1 atom stereocenters. The van der Waals surface area contributed by atoms with Crippen molar-refractivity contribution in [2.45, 2.75) is 50.5 Å². The fraction of sp³-hybridized carbons (Fsp3) is 0.355. The van der Waals surface area contributed by atoms with Gasteiger partial charge in [-0.3, -0.25) is 9.59 Å². The molecular formula is C31H35FN2O3. The molecule has 194 valence electrons. The SMILES string of the molecule is CC(CCCN1CCC(NC(=O)c2ccccc2-c2cccc(F)c2)CC1)(CC(=O)O)c1ccccc1. The number of halogens is 1. The van der Waals surface area contributed by atoms with Crippen molar-refractivity contribution < 1.29 is 19.1 Å². The summed E-state index contributed by atoms with van der Waals surface area (Å²) in [5.41, 5.74) is 2.63. The van der Waals surface area contributed by atoms with Gasteiger partial charge in [0.05, 0.1) is 6.42 Å². The van der Waals surface area contributed by atoms with Crippen molar-refractivity contribution >= 4 is 11.9 Å². The smallest absolute Gasteiger partial charge is 0.304 e. The Balaban J connectivity index is 1.29. The van der Waals surface area contributed by atoms with E-state index in [0.717, 1.165) is 56.4 Å². The molecule has 1 unspecified atom stereocenters. The number of aliphatic carboxylic acids is 1. The van der Waals surface area contributed by atoms with E-state index in [1.54, 1.807) is 12.1 Å². The van der Waals surface area contributed by atoms with Crippen LogP contribution in [0, 0.1) is 5.82 Å². The third-order valence-corrected chi connectivity index (χ3v) is 7.45. The third kappa shape index (κ3) is 7.04. The zero-order chi connectivity index (χ0) is 26.3. The number of carbonyl (C=O) groups excluding carboxylic acids is 1. The van der Waals surface area contributed by atoms with Crippen LogP contribution in [0.25, 0.3) is 11.1 Å². The number of likely N-dealkylation sites (tertiary alicyclic amines) is 1. The molecule has 1 fully saturated rings. The van der Waals surface area contributed by atoms with Crippen LogP contribution in [0.15, 0.2) is 78.9 Å². The van der Waals surface area contributed by atoms with Gasteiger partial charge in [0.25, 0.3) is 5.91 Å². The van der Waals surface area contributed by atoms with Crippen LogP contribution in [-0.2, 0) is 10.2 Å². The fourth-order valence-electron chi connectivity index (χ4n) is 5.35. The zero-order valence-corrected chi connectivity index (χ0v) is 21.3. The number of amides is 1. The van der Waals surface area contributed by atoms with Crippen molar-refractivity contribution in [3.63, 3.8) is 0 Å². The largest absolute Gasteiger partial charge is 0.481 e. The summed E-state index contributed by atoms with van der Waals surface area (Å²) in [6.07, 6.45) is 3.55. The number of nitrogens with zero attached hydrogens (tertiary/aromatic N) is 1. The van der Waals surface area contributed by atoms with Gasteiger partial charge in [0.1, 0.15) is 5.82 Å². The van der Waals surface area contributed by atoms with Crippen molar-refractivity contribution in [3.05, 3.63) is 95.8 Å². The number of carboxylic acid groups (broad SMARTS) is 1. The van der Waals surface area contributed by atoms with E-state index in [9.17, 15) is 19.1 Å². The van der Waals surface area contributed by atoms with Gasteiger partial charge in [-0.05, 0) is 67.1 Å². The van der Waals surface area contributed by atoms with Gasteiger partial charge in [0.2, 0.25) is 0 Å². The van der Waals surface area contributed by atoms with E-state index in [2.05, 4.69) is 10.2 Å². The predicted octanol–water partition coefficient (Wildman–Crippen LogP) is 5.90. The van der Waals surface area contributed by atoms with Crippen LogP contribution in [0.1, 0.15) is 54.9 Å². The minimum Gasteiger partial charge on any atom is -0.481 e. The summed E-state index contributed by atoms with van der Waals surface area (Å²) >= 11 is 0. The number of carbonyl (C=O) groups is 2. The van der Waals surface area contributed by atoms with Crippen LogP contribution < -0.4 is 5.32 Å². The maximum Gasteiger partial charge on any atom is 0.304 e. The van der Waals surface area contributed by atoms with Gasteiger partial charge in [0.15, 0.2) is 0 Å². The first-order valence-corrected chi connectivity index (χ1v) is 13.0. The van der Waals surface area contributed by atoms with Crippen molar-refractivity contribution in [1.82, 2.24) is 10.2 Å². The molecule has 2 N–H and O–H groups in total. The maximum atomic E-state index is 13.8. The first-order chi connectivity index (χ1) is 17.8. The number of carboxylic acids is 1. The second-order valence-corrected chi connectivity index (χ2v) is 10.2. The molecule has 1 aliphatic heterocycles. The summed E-state index contributed by atoms with van der Waals surface area (Å²) in [6, 6.07) is 23.6. The molecule has 37 heavy (non-hydrogen) atoms. The number of nitrogens with one attached hydrogen (secondary N) is 1. The Bertz CT molecular complexity index is 1210. The second kappa shape index (κ2) is 12.2. The van der Waals surface area contributed by atoms with E-state index in [-0.39, 0.29) is 24.2 Å². The molecule has 0 aliphatic carbocycles. The van der Waals surface area contributed by atoms with E-state index in [1.807, 2.05) is 61.5 Å². The molecule has 3 aromatic carbocycles. The summed E-state index contributed by atoms with van der Waals surface area (Å²) in [5.74, 6) is -1.24. The minimum absolute atomic E-state index is 0.0888. The van der Waals surface area contributed by atoms with Gasteiger partial charge in [0, 0.05) is 30.1 Å². The number of benzene rings is 3. The lowest BCUT2D eigenvalue weighted by molar-refractivity contribution is -0.138. The third-order valence-electron chi connectivity index (χ3n) is 7.45. The molecule has 0 aromatic heterocycles. The van der Waals surface area contributed by atoms with E-state index in [0.29, 0.717) is 11.1 Å². The fourth-order valence-corrected chi connectivity index (χ4v) is 5.35. The van der Waals surface area contributed by atoms with Crippen molar-refractivity contribution in [3.8, 4) is 11.1 Å². The summed E-state index contributed by atoms with van der Waals surface area (Å²) < 4.78 is 13.8. The summed E-state index contributed by atoms with van der Waals surface area (Å²) in [7, 11) is 0. The van der Waals surface area contributed by atoms with Gasteiger partial charge in [-0.25, -0.2) is 4.39 Å². The molecule has 1 amide bonds. The van der Waals surface area contributed by atoms with Crippen molar-refractivity contribution in [2.75, 3.05) is 19.6 Å². The first kappa shape index (κ1) is 26.6. The first-order valence-electron chi connectivity index (χ1n) is 13.0. The molecule has 6 heteroatoms. The molecule has 0 radical (unpaired) electrons. The highest BCUT2D eigenvalue weighted by atomic mass is 19.1. The van der Waals surface area contributed by atoms with Gasteiger partial charge >= 0.3 is 5.97 Å². The molecule has 0 saturated carbocycles. The predicted molar refractivity (Wildman–Crippen MR) is 144 cm³/mol. The van der Waals surface area contributed by atoms with Gasteiger partial charge in [-0.1, -0.05) is 67.6 Å². The van der Waals surface area contributed by atoms with Gasteiger partial charge in [-0.2, -0.15) is 0 Å².